The third-order valence-corrected chi connectivity index (χ3v) is 4.63. The van der Waals surface area contributed by atoms with Crippen LogP contribution >= 0.6 is 15.9 Å². The molecule has 1 aromatic carbocycles. The maximum absolute atomic E-state index is 3.53. The van der Waals surface area contributed by atoms with Crippen LogP contribution in [0.4, 0.5) is 0 Å². The second kappa shape index (κ2) is 5.72. The maximum Gasteiger partial charge on any atom is 0.0351 e. The summed E-state index contributed by atoms with van der Waals surface area (Å²) in [5.74, 6) is 0.980. The lowest BCUT2D eigenvalue weighted by atomic mass is 9.99. The molecule has 1 aromatic rings. The Morgan fingerprint density at radius 1 is 1.17 bits per heavy atom. The zero-order chi connectivity index (χ0) is 12.4. The third kappa shape index (κ3) is 3.14. The molecule has 1 aliphatic carbocycles. The highest BCUT2D eigenvalue weighted by molar-refractivity contribution is 9.10. The van der Waals surface area contributed by atoms with E-state index in [-0.39, 0.29) is 0 Å². The first-order chi connectivity index (χ1) is 8.83. The van der Waals surface area contributed by atoms with Crippen LogP contribution in [0.3, 0.4) is 0 Å². The van der Waals surface area contributed by atoms with E-state index in [4.69, 9.17) is 0 Å². The van der Waals surface area contributed by atoms with Crippen molar-refractivity contribution in [1.82, 2.24) is 10.2 Å². The van der Waals surface area contributed by atoms with Crippen molar-refractivity contribution in [3.63, 3.8) is 0 Å². The third-order valence-electron chi connectivity index (χ3n) is 4.10. The summed E-state index contributed by atoms with van der Waals surface area (Å²) in [7, 11) is 0. The lowest BCUT2D eigenvalue weighted by molar-refractivity contribution is 0.160. The Kier molecular flexibility index (Phi) is 4.02. The first kappa shape index (κ1) is 12.6. The Bertz CT molecular complexity index is 380. The first-order valence-corrected chi connectivity index (χ1v) is 7.82. The van der Waals surface area contributed by atoms with Gasteiger partial charge in [0.1, 0.15) is 0 Å². The molecule has 0 radical (unpaired) electrons. The fourth-order valence-electron chi connectivity index (χ4n) is 2.84. The summed E-state index contributed by atoms with van der Waals surface area (Å²) in [6.45, 7) is 4.65. The van der Waals surface area contributed by atoms with E-state index in [9.17, 15) is 0 Å². The van der Waals surface area contributed by atoms with Gasteiger partial charge in [0.05, 0.1) is 0 Å². The van der Waals surface area contributed by atoms with Gasteiger partial charge in [0.2, 0.25) is 0 Å². The van der Waals surface area contributed by atoms with Crippen LogP contribution in [0.1, 0.15) is 30.9 Å². The van der Waals surface area contributed by atoms with Gasteiger partial charge in [-0.1, -0.05) is 40.9 Å². The van der Waals surface area contributed by atoms with Crippen LogP contribution in [-0.4, -0.2) is 31.1 Å². The van der Waals surface area contributed by atoms with Gasteiger partial charge < -0.3 is 5.32 Å². The first-order valence-electron chi connectivity index (χ1n) is 7.03. The van der Waals surface area contributed by atoms with E-state index < -0.39 is 0 Å². The minimum atomic E-state index is 0.632. The summed E-state index contributed by atoms with van der Waals surface area (Å²) in [5, 5.41) is 3.45. The van der Waals surface area contributed by atoms with E-state index in [2.05, 4.69) is 50.4 Å². The van der Waals surface area contributed by atoms with Gasteiger partial charge in [-0.25, -0.2) is 0 Å². The standard InChI is InChI=1S/C15H21BrN2/c16-14-5-3-13(4-6-14)15(11-12-1-2-12)18-9-7-17-8-10-18/h3-6,12,15,17H,1-2,7-11H2/t15-/m0/s1. The van der Waals surface area contributed by atoms with Gasteiger partial charge in [-0.05, 0) is 30.0 Å². The lowest BCUT2D eigenvalue weighted by Gasteiger charge is -2.35. The topological polar surface area (TPSA) is 15.3 Å². The molecule has 1 aliphatic heterocycles. The average Bonchev–Trinajstić information content (AvgIpc) is 3.22. The van der Waals surface area contributed by atoms with Gasteiger partial charge in [0, 0.05) is 36.7 Å². The van der Waals surface area contributed by atoms with Crippen LogP contribution in [0.25, 0.3) is 0 Å². The monoisotopic (exact) mass is 308 g/mol. The van der Waals surface area contributed by atoms with Gasteiger partial charge in [0.25, 0.3) is 0 Å². The molecule has 2 nitrogen and oxygen atoms in total. The number of rotatable bonds is 4. The van der Waals surface area contributed by atoms with E-state index in [0.717, 1.165) is 19.0 Å². The molecule has 1 N–H and O–H groups in total. The Hall–Kier alpha value is -0.380. The average molecular weight is 309 g/mol. The second-order valence-electron chi connectivity index (χ2n) is 5.53. The van der Waals surface area contributed by atoms with E-state index >= 15 is 0 Å². The van der Waals surface area contributed by atoms with E-state index in [1.54, 1.807) is 0 Å². The molecule has 1 saturated heterocycles. The highest BCUT2D eigenvalue weighted by Gasteiger charge is 2.30. The lowest BCUT2D eigenvalue weighted by Crippen LogP contribution is -2.45. The SMILES string of the molecule is Brc1ccc([C@H](CC2CC2)N2CCNCC2)cc1. The zero-order valence-corrected chi connectivity index (χ0v) is 12.3. The molecule has 3 rings (SSSR count). The van der Waals surface area contributed by atoms with Crippen molar-refractivity contribution >= 4 is 15.9 Å². The van der Waals surface area contributed by atoms with Gasteiger partial charge in [-0.15, -0.1) is 0 Å². The summed E-state index contributed by atoms with van der Waals surface area (Å²) >= 11 is 3.53. The fraction of sp³-hybridized carbons (Fsp3) is 0.600. The molecule has 1 atom stereocenters. The minimum absolute atomic E-state index is 0.632. The van der Waals surface area contributed by atoms with Crippen LogP contribution in [0.5, 0.6) is 0 Å². The van der Waals surface area contributed by atoms with Crippen molar-refractivity contribution in [1.29, 1.82) is 0 Å². The normalized spacial score (nSPS) is 22.9. The van der Waals surface area contributed by atoms with Crippen molar-refractivity contribution in [3.8, 4) is 0 Å². The molecule has 0 unspecified atom stereocenters. The Morgan fingerprint density at radius 3 is 2.44 bits per heavy atom. The predicted molar refractivity (Wildman–Crippen MR) is 78.7 cm³/mol. The van der Waals surface area contributed by atoms with E-state index in [1.807, 2.05) is 0 Å². The van der Waals surface area contributed by atoms with Crippen LogP contribution in [0, 0.1) is 5.92 Å². The predicted octanol–water partition coefficient (Wildman–Crippen LogP) is 3.20. The van der Waals surface area contributed by atoms with Gasteiger partial charge in [-0.2, -0.15) is 0 Å². The minimum Gasteiger partial charge on any atom is -0.314 e. The van der Waals surface area contributed by atoms with Gasteiger partial charge in [0.15, 0.2) is 0 Å². The number of hydrogen-bond donors (Lipinski definition) is 1. The Labute approximate surface area is 118 Å². The van der Waals surface area contributed by atoms with Crippen LogP contribution in [-0.2, 0) is 0 Å². The fourth-order valence-corrected chi connectivity index (χ4v) is 3.11. The molecule has 0 bridgehead atoms. The number of nitrogens with zero attached hydrogens (tertiary/aromatic N) is 1. The molecule has 18 heavy (non-hydrogen) atoms. The number of benzene rings is 1. The molecule has 0 aromatic heterocycles. The Balaban J connectivity index is 1.76. The van der Waals surface area contributed by atoms with E-state index in [0.29, 0.717) is 6.04 Å². The summed E-state index contributed by atoms with van der Waals surface area (Å²) in [5.41, 5.74) is 1.49. The number of halogens is 1. The highest BCUT2D eigenvalue weighted by atomic mass is 79.9. The molecular formula is C15H21BrN2. The van der Waals surface area contributed by atoms with Crippen molar-refractivity contribution in [3.05, 3.63) is 34.3 Å². The molecule has 2 fully saturated rings. The summed E-state index contributed by atoms with van der Waals surface area (Å²) in [6, 6.07) is 9.57. The van der Waals surface area contributed by atoms with Crippen LogP contribution < -0.4 is 5.32 Å². The van der Waals surface area contributed by atoms with E-state index in [1.165, 1.54) is 42.4 Å². The molecule has 1 heterocycles. The molecule has 1 saturated carbocycles. The van der Waals surface area contributed by atoms with Gasteiger partial charge in [-0.3, -0.25) is 4.90 Å². The number of hydrogen-bond acceptors (Lipinski definition) is 2. The molecule has 0 amide bonds. The second-order valence-corrected chi connectivity index (χ2v) is 6.45. The molecule has 98 valence electrons. The quantitative estimate of drug-likeness (QED) is 0.919. The summed E-state index contributed by atoms with van der Waals surface area (Å²) < 4.78 is 1.18. The maximum atomic E-state index is 3.53. The van der Waals surface area contributed by atoms with Crippen molar-refractivity contribution in [2.75, 3.05) is 26.2 Å². The molecular weight excluding hydrogens is 288 g/mol. The molecule has 2 aliphatic rings. The molecule has 3 heteroatoms. The Morgan fingerprint density at radius 2 is 1.83 bits per heavy atom. The van der Waals surface area contributed by atoms with Crippen LogP contribution in [0.2, 0.25) is 0 Å². The van der Waals surface area contributed by atoms with Crippen molar-refractivity contribution < 1.29 is 0 Å². The van der Waals surface area contributed by atoms with Crippen molar-refractivity contribution in [2.45, 2.75) is 25.3 Å². The largest absolute Gasteiger partial charge is 0.314 e. The van der Waals surface area contributed by atoms with Crippen LogP contribution in [0.15, 0.2) is 28.7 Å². The summed E-state index contributed by atoms with van der Waals surface area (Å²) in [6.07, 6.45) is 4.24. The summed E-state index contributed by atoms with van der Waals surface area (Å²) in [4.78, 5) is 2.66. The zero-order valence-electron chi connectivity index (χ0n) is 10.7. The van der Waals surface area contributed by atoms with Crippen molar-refractivity contribution in [2.24, 2.45) is 5.92 Å². The smallest absolute Gasteiger partial charge is 0.0351 e. The highest BCUT2D eigenvalue weighted by Crippen LogP contribution is 2.40. The molecule has 0 spiro atoms. The number of nitrogens with one attached hydrogen (secondary N) is 1. The number of piperazine rings is 1. The van der Waals surface area contributed by atoms with Gasteiger partial charge >= 0.3 is 0 Å².